The molecule has 0 bridgehead atoms. The van der Waals surface area contributed by atoms with Crippen LogP contribution in [0.2, 0.25) is 0 Å². The second-order valence-corrected chi connectivity index (χ2v) is 7.14. The third-order valence-electron chi connectivity index (χ3n) is 5.26. The Hall–Kier alpha value is -2.56. The Morgan fingerprint density at radius 1 is 1.04 bits per heavy atom. The standard InChI is InChI=1S/C21H26N2O3/c1-14-5-6-17(11-15(14)2)21(25)23-9-7-18(8-10-23)26-19-12-16(3)22(4)20(24)13-19/h5-6,11-13,18H,7-10H2,1-4H3. The second-order valence-electron chi connectivity index (χ2n) is 7.14. The van der Waals surface area contributed by atoms with Gasteiger partial charge in [-0.05, 0) is 50.1 Å². The summed E-state index contributed by atoms with van der Waals surface area (Å²) in [6, 6.07) is 9.27. The van der Waals surface area contributed by atoms with Gasteiger partial charge in [0.15, 0.2) is 0 Å². The van der Waals surface area contributed by atoms with Crippen LogP contribution in [0.15, 0.2) is 35.1 Å². The van der Waals surface area contributed by atoms with Crippen LogP contribution in [0.25, 0.3) is 0 Å². The Morgan fingerprint density at radius 2 is 1.73 bits per heavy atom. The van der Waals surface area contributed by atoms with E-state index in [4.69, 9.17) is 4.74 Å². The minimum atomic E-state index is -0.0673. The van der Waals surface area contributed by atoms with Gasteiger partial charge in [-0.3, -0.25) is 9.59 Å². The predicted octanol–water partition coefficient (Wildman–Crippen LogP) is 2.99. The molecule has 1 aliphatic heterocycles. The minimum absolute atomic E-state index is 0.0327. The van der Waals surface area contributed by atoms with Crippen molar-refractivity contribution in [3.8, 4) is 5.75 Å². The summed E-state index contributed by atoms with van der Waals surface area (Å²) in [5.74, 6) is 0.695. The molecule has 26 heavy (non-hydrogen) atoms. The van der Waals surface area contributed by atoms with E-state index >= 15 is 0 Å². The molecule has 0 saturated carbocycles. The molecule has 0 spiro atoms. The molecule has 0 radical (unpaired) electrons. The van der Waals surface area contributed by atoms with Gasteiger partial charge in [0.25, 0.3) is 11.5 Å². The van der Waals surface area contributed by atoms with E-state index in [0.717, 1.165) is 29.7 Å². The largest absolute Gasteiger partial charge is 0.490 e. The monoisotopic (exact) mass is 354 g/mol. The zero-order chi connectivity index (χ0) is 18.8. The number of carbonyl (C=O) groups excluding carboxylic acids is 1. The Labute approximate surface area is 154 Å². The SMILES string of the molecule is Cc1ccc(C(=O)N2CCC(Oc3cc(C)n(C)c(=O)c3)CC2)cc1C. The molecule has 0 aliphatic carbocycles. The van der Waals surface area contributed by atoms with Crippen LogP contribution in [0.1, 0.15) is 40.0 Å². The molecule has 5 heteroatoms. The summed E-state index contributed by atoms with van der Waals surface area (Å²) < 4.78 is 7.58. The lowest BCUT2D eigenvalue weighted by Crippen LogP contribution is -2.41. The molecular formula is C21H26N2O3. The van der Waals surface area contributed by atoms with Crippen molar-refractivity contribution in [2.45, 2.75) is 39.7 Å². The highest BCUT2D eigenvalue weighted by Gasteiger charge is 2.25. The van der Waals surface area contributed by atoms with Crippen LogP contribution in [0, 0.1) is 20.8 Å². The number of hydrogen-bond acceptors (Lipinski definition) is 3. The van der Waals surface area contributed by atoms with Gasteiger partial charge in [-0.25, -0.2) is 0 Å². The van der Waals surface area contributed by atoms with Crippen molar-refractivity contribution in [3.63, 3.8) is 0 Å². The molecule has 138 valence electrons. The van der Waals surface area contributed by atoms with Gasteiger partial charge in [0, 0.05) is 50.3 Å². The summed E-state index contributed by atoms with van der Waals surface area (Å²) in [5.41, 5.74) is 3.87. The van der Waals surface area contributed by atoms with Crippen molar-refractivity contribution < 1.29 is 9.53 Å². The molecular weight excluding hydrogens is 328 g/mol. The average molecular weight is 354 g/mol. The predicted molar refractivity (Wildman–Crippen MR) is 102 cm³/mol. The number of rotatable bonds is 3. The van der Waals surface area contributed by atoms with Crippen molar-refractivity contribution in [2.75, 3.05) is 13.1 Å². The van der Waals surface area contributed by atoms with Crippen molar-refractivity contribution >= 4 is 5.91 Å². The molecule has 0 unspecified atom stereocenters. The first kappa shape index (κ1) is 18.2. The lowest BCUT2D eigenvalue weighted by Gasteiger charge is -2.32. The highest BCUT2D eigenvalue weighted by molar-refractivity contribution is 5.94. The Bertz CT molecular complexity index is 877. The maximum Gasteiger partial charge on any atom is 0.254 e. The van der Waals surface area contributed by atoms with Crippen LogP contribution in [0.5, 0.6) is 5.75 Å². The van der Waals surface area contributed by atoms with E-state index in [9.17, 15) is 9.59 Å². The van der Waals surface area contributed by atoms with Gasteiger partial charge < -0.3 is 14.2 Å². The Kier molecular flexibility index (Phi) is 5.16. The van der Waals surface area contributed by atoms with Crippen LogP contribution in [0.4, 0.5) is 0 Å². The van der Waals surface area contributed by atoms with Crippen LogP contribution in [-0.4, -0.2) is 34.6 Å². The fourth-order valence-corrected chi connectivity index (χ4v) is 3.23. The number of pyridine rings is 1. The Morgan fingerprint density at radius 3 is 2.35 bits per heavy atom. The van der Waals surface area contributed by atoms with Gasteiger partial charge in [-0.1, -0.05) is 6.07 Å². The molecule has 1 aromatic heterocycles. The van der Waals surface area contributed by atoms with E-state index in [0.29, 0.717) is 18.8 Å². The maximum absolute atomic E-state index is 12.7. The van der Waals surface area contributed by atoms with Gasteiger partial charge in [-0.15, -0.1) is 0 Å². The fourth-order valence-electron chi connectivity index (χ4n) is 3.23. The van der Waals surface area contributed by atoms with E-state index in [2.05, 4.69) is 0 Å². The van der Waals surface area contributed by atoms with E-state index < -0.39 is 0 Å². The maximum atomic E-state index is 12.7. The molecule has 5 nitrogen and oxygen atoms in total. The summed E-state index contributed by atoms with van der Waals surface area (Å²) in [6.07, 6.45) is 1.57. The number of nitrogens with zero attached hydrogens (tertiary/aromatic N) is 2. The number of piperidine rings is 1. The number of hydrogen-bond donors (Lipinski definition) is 0. The molecule has 0 atom stereocenters. The number of aromatic nitrogens is 1. The molecule has 3 rings (SSSR count). The van der Waals surface area contributed by atoms with Crippen molar-refractivity contribution in [2.24, 2.45) is 7.05 Å². The number of ether oxygens (including phenoxy) is 1. The van der Waals surface area contributed by atoms with Crippen LogP contribution < -0.4 is 10.3 Å². The van der Waals surface area contributed by atoms with Crippen molar-refractivity contribution in [1.82, 2.24) is 9.47 Å². The number of carbonyl (C=O) groups is 1. The first-order chi connectivity index (χ1) is 12.3. The van der Waals surface area contributed by atoms with Gasteiger partial charge in [-0.2, -0.15) is 0 Å². The minimum Gasteiger partial charge on any atom is -0.490 e. The molecule has 2 heterocycles. The lowest BCUT2D eigenvalue weighted by molar-refractivity contribution is 0.0595. The van der Waals surface area contributed by atoms with Crippen molar-refractivity contribution in [3.05, 3.63) is 63.1 Å². The normalized spacial score (nSPS) is 15.2. The topological polar surface area (TPSA) is 51.5 Å². The summed E-state index contributed by atoms with van der Waals surface area (Å²) in [7, 11) is 1.75. The number of amides is 1. The van der Waals surface area contributed by atoms with E-state index in [-0.39, 0.29) is 17.6 Å². The van der Waals surface area contributed by atoms with Crippen LogP contribution in [0.3, 0.4) is 0 Å². The zero-order valence-corrected chi connectivity index (χ0v) is 15.9. The van der Waals surface area contributed by atoms with E-state index in [1.54, 1.807) is 11.6 Å². The highest BCUT2D eigenvalue weighted by Crippen LogP contribution is 2.20. The number of benzene rings is 1. The van der Waals surface area contributed by atoms with Gasteiger partial charge in [0.1, 0.15) is 11.9 Å². The van der Waals surface area contributed by atoms with Gasteiger partial charge in [0.05, 0.1) is 0 Å². The van der Waals surface area contributed by atoms with Crippen LogP contribution >= 0.6 is 0 Å². The van der Waals surface area contributed by atoms with E-state index in [1.165, 1.54) is 11.6 Å². The highest BCUT2D eigenvalue weighted by atomic mass is 16.5. The molecule has 1 aromatic carbocycles. The van der Waals surface area contributed by atoms with Crippen LogP contribution in [-0.2, 0) is 7.05 Å². The van der Waals surface area contributed by atoms with E-state index in [1.807, 2.05) is 49.9 Å². The molecule has 2 aromatic rings. The lowest BCUT2D eigenvalue weighted by atomic mass is 10.0. The zero-order valence-electron chi connectivity index (χ0n) is 15.9. The summed E-state index contributed by atoms with van der Waals surface area (Å²) in [6.45, 7) is 7.29. The smallest absolute Gasteiger partial charge is 0.254 e. The molecule has 1 amide bonds. The fraction of sp³-hybridized carbons (Fsp3) is 0.429. The second kappa shape index (κ2) is 7.36. The molecule has 1 aliphatic rings. The molecule has 0 N–H and O–H groups in total. The average Bonchev–Trinajstić information content (AvgIpc) is 2.62. The van der Waals surface area contributed by atoms with Gasteiger partial charge >= 0.3 is 0 Å². The summed E-state index contributed by atoms with van der Waals surface area (Å²) >= 11 is 0. The first-order valence-corrected chi connectivity index (χ1v) is 9.06. The number of aryl methyl sites for hydroxylation is 3. The van der Waals surface area contributed by atoms with Crippen molar-refractivity contribution in [1.29, 1.82) is 0 Å². The van der Waals surface area contributed by atoms with Gasteiger partial charge in [0.2, 0.25) is 0 Å². The summed E-state index contributed by atoms with van der Waals surface area (Å²) in [4.78, 5) is 26.5. The number of likely N-dealkylation sites (tertiary alicyclic amines) is 1. The quantitative estimate of drug-likeness (QED) is 0.851. The third-order valence-corrected chi connectivity index (χ3v) is 5.26. The molecule has 1 fully saturated rings. The first-order valence-electron chi connectivity index (χ1n) is 9.06. The molecule has 1 saturated heterocycles. The third kappa shape index (κ3) is 3.82. The Balaban J connectivity index is 1.61. The summed E-state index contributed by atoms with van der Waals surface area (Å²) in [5, 5.41) is 0.